The molecule has 0 aliphatic heterocycles. The zero-order valence-corrected chi connectivity index (χ0v) is 13.7. The van der Waals surface area contributed by atoms with Crippen LogP contribution in [0.4, 0.5) is 0 Å². The fraction of sp³-hybridized carbons (Fsp3) is 0.400. The normalized spacial score (nSPS) is 11.7. The van der Waals surface area contributed by atoms with Crippen molar-refractivity contribution >= 4 is 53.5 Å². The summed E-state index contributed by atoms with van der Waals surface area (Å²) in [5.74, 6) is 0. The van der Waals surface area contributed by atoms with Crippen molar-refractivity contribution in [1.82, 2.24) is 4.72 Å². The molecule has 17 heavy (non-hydrogen) atoms. The van der Waals surface area contributed by atoms with Crippen LogP contribution in [-0.2, 0) is 10.0 Å². The average Bonchev–Trinajstić information content (AvgIpc) is 2.28. The lowest BCUT2D eigenvalue weighted by Gasteiger charge is -2.07. The molecule has 1 rings (SSSR count). The van der Waals surface area contributed by atoms with Crippen molar-refractivity contribution in [2.24, 2.45) is 0 Å². The van der Waals surface area contributed by atoms with E-state index in [-0.39, 0.29) is 4.90 Å². The highest BCUT2D eigenvalue weighted by molar-refractivity contribution is 9.10. The zero-order chi connectivity index (χ0) is 12.9. The molecule has 0 aliphatic carbocycles. The third-order valence-electron chi connectivity index (χ3n) is 2.05. The molecule has 1 N–H and O–H groups in total. The van der Waals surface area contributed by atoms with Gasteiger partial charge in [-0.25, -0.2) is 13.1 Å². The smallest absolute Gasteiger partial charge is 0.211 e. The Labute approximate surface area is 123 Å². The molecule has 96 valence electrons. The molecule has 0 amide bonds. The van der Waals surface area contributed by atoms with Gasteiger partial charge in [-0.05, 0) is 47.0 Å². The van der Waals surface area contributed by atoms with Crippen LogP contribution in [0.1, 0.15) is 12.8 Å². The Morgan fingerprint density at radius 2 is 2.00 bits per heavy atom. The minimum atomic E-state index is -3.43. The first kappa shape index (κ1) is 15.4. The summed E-state index contributed by atoms with van der Waals surface area (Å²) in [7, 11) is -3.43. The SMILES string of the molecule is O=S(=O)(NCCCCBr)c1ccc(Cl)c(Br)c1. The number of halogens is 3. The Hall–Kier alpha value is 0.380. The van der Waals surface area contributed by atoms with Gasteiger partial charge in [0.2, 0.25) is 10.0 Å². The largest absolute Gasteiger partial charge is 0.240 e. The van der Waals surface area contributed by atoms with Crippen molar-refractivity contribution in [2.45, 2.75) is 17.7 Å². The lowest BCUT2D eigenvalue weighted by Crippen LogP contribution is -2.24. The van der Waals surface area contributed by atoms with Crippen molar-refractivity contribution in [1.29, 1.82) is 0 Å². The van der Waals surface area contributed by atoms with E-state index in [1.54, 1.807) is 6.07 Å². The van der Waals surface area contributed by atoms with Gasteiger partial charge in [-0.15, -0.1) is 0 Å². The molecule has 1 aromatic rings. The van der Waals surface area contributed by atoms with E-state index in [0.717, 1.165) is 18.2 Å². The van der Waals surface area contributed by atoms with Crippen LogP contribution >= 0.6 is 43.5 Å². The van der Waals surface area contributed by atoms with E-state index in [1.807, 2.05) is 0 Å². The molecule has 0 bridgehead atoms. The topological polar surface area (TPSA) is 46.2 Å². The monoisotopic (exact) mass is 403 g/mol. The number of alkyl halides is 1. The molecule has 3 nitrogen and oxygen atoms in total. The number of hydrogen-bond donors (Lipinski definition) is 1. The number of nitrogens with one attached hydrogen (secondary N) is 1. The molecule has 0 saturated heterocycles. The fourth-order valence-electron chi connectivity index (χ4n) is 1.15. The summed E-state index contributed by atoms with van der Waals surface area (Å²) >= 11 is 12.3. The van der Waals surface area contributed by atoms with E-state index in [9.17, 15) is 8.42 Å². The summed E-state index contributed by atoms with van der Waals surface area (Å²) in [6.45, 7) is 0.439. The molecule has 0 saturated carbocycles. The van der Waals surface area contributed by atoms with Crippen LogP contribution in [-0.4, -0.2) is 20.3 Å². The highest BCUT2D eigenvalue weighted by Crippen LogP contribution is 2.25. The van der Waals surface area contributed by atoms with Gasteiger partial charge in [-0.3, -0.25) is 0 Å². The van der Waals surface area contributed by atoms with Crippen LogP contribution in [0.25, 0.3) is 0 Å². The van der Waals surface area contributed by atoms with Crippen LogP contribution < -0.4 is 4.72 Å². The molecule has 0 aromatic heterocycles. The Kier molecular flexibility index (Phi) is 6.44. The quantitative estimate of drug-likeness (QED) is 0.581. The first-order valence-electron chi connectivity index (χ1n) is 4.98. The summed E-state index contributed by atoms with van der Waals surface area (Å²) in [6, 6.07) is 4.54. The van der Waals surface area contributed by atoms with E-state index in [0.29, 0.717) is 16.0 Å². The van der Waals surface area contributed by atoms with E-state index in [4.69, 9.17) is 11.6 Å². The first-order valence-corrected chi connectivity index (χ1v) is 8.75. The van der Waals surface area contributed by atoms with Gasteiger partial charge >= 0.3 is 0 Å². The Morgan fingerprint density at radius 1 is 1.29 bits per heavy atom. The van der Waals surface area contributed by atoms with Crippen molar-refractivity contribution in [3.8, 4) is 0 Å². The van der Waals surface area contributed by atoms with Crippen LogP contribution in [0.2, 0.25) is 5.02 Å². The molecule has 0 atom stereocenters. The maximum atomic E-state index is 11.9. The molecule has 0 heterocycles. The highest BCUT2D eigenvalue weighted by atomic mass is 79.9. The van der Waals surface area contributed by atoms with Crippen molar-refractivity contribution in [2.75, 3.05) is 11.9 Å². The zero-order valence-electron chi connectivity index (χ0n) is 8.92. The molecular weight excluding hydrogens is 393 g/mol. The lowest BCUT2D eigenvalue weighted by atomic mass is 10.3. The predicted octanol–water partition coefficient (Wildman–Crippen LogP) is 3.56. The second-order valence-electron chi connectivity index (χ2n) is 3.37. The van der Waals surface area contributed by atoms with Gasteiger partial charge in [0.25, 0.3) is 0 Å². The summed E-state index contributed by atoms with van der Waals surface area (Å²) in [5, 5.41) is 1.37. The summed E-state index contributed by atoms with van der Waals surface area (Å²) < 4.78 is 26.9. The second kappa shape index (κ2) is 7.09. The second-order valence-corrected chi connectivity index (χ2v) is 7.19. The van der Waals surface area contributed by atoms with Gasteiger partial charge in [0.15, 0.2) is 0 Å². The Morgan fingerprint density at radius 3 is 2.59 bits per heavy atom. The van der Waals surface area contributed by atoms with Crippen LogP contribution in [0, 0.1) is 0 Å². The Bertz CT molecular complexity index is 479. The maximum Gasteiger partial charge on any atom is 0.240 e. The van der Waals surface area contributed by atoms with Gasteiger partial charge in [0.05, 0.1) is 9.92 Å². The summed E-state index contributed by atoms with van der Waals surface area (Å²) in [4.78, 5) is 0.215. The van der Waals surface area contributed by atoms with Gasteiger partial charge in [-0.2, -0.15) is 0 Å². The molecule has 0 aliphatic rings. The van der Waals surface area contributed by atoms with E-state index < -0.39 is 10.0 Å². The highest BCUT2D eigenvalue weighted by Gasteiger charge is 2.14. The Balaban J connectivity index is 2.72. The molecule has 0 fully saturated rings. The van der Waals surface area contributed by atoms with Gasteiger partial charge in [0.1, 0.15) is 0 Å². The number of hydrogen-bond acceptors (Lipinski definition) is 2. The number of rotatable bonds is 6. The van der Waals surface area contributed by atoms with E-state index in [2.05, 4.69) is 36.6 Å². The maximum absolute atomic E-state index is 11.9. The molecule has 1 aromatic carbocycles. The average molecular weight is 406 g/mol. The van der Waals surface area contributed by atoms with E-state index >= 15 is 0 Å². The van der Waals surface area contributed by atoms with Crippen molar-refractivity contribution in [3.05, 3.63) is 27.7 Å². The predicted molar refractivity (Wildman–Crippen MR) is 77.4 cm³/mol. The number of unbranched alkanes of at least 4 members (excludes halogenated alkanes) is 1. The standard InChI is InChI=1S/C10H12Br2ClNO2S/c11-5-1-2-6-14-17(15,16)8-3-4-10(13)9(12)7-8/h3-4,7,14H,1-2,5-6H2. The molecule has 7 heteroatoms. The van der Waals surface area contributed by atoms with Crippen molar-refractivity contribution < 1.29 is 8.42 Å². The molecule has 0 spiro atoms. The number of sulfonamides is 1. The minimum absolute atomic E-state index is 0.215. The third-order valence-corrected chi connectivity index (χ3v) is 5.29. The molecule has 0 unspecified atom stereocenters. The third kappa shape index (κ3) is 4.87. The minimum Gasteiger partial charge on any atom is -0.211 e. The molecular formula is C10H12Br2ClNO2S. The fourth-order valence-corrected chi connectivity index (χ4v) is 3.30. The van der Waals surface area contributed by atoms with Gasteiger partial charge in [-0.1, -0.05) is 27.5 Å². The van der Waals surface area contributed by atoms with Crippen LogP contribution in [0.15, 0.2) is 27.6 Å². The summed E-state index contributed by atoms with van der Waals surface area (Å²) in [6.07, 6.45) is 1.74. The lowest BCUT2D eigenvalue weighted by molar-refractivity contribution is 0.578. The number of benzene rings is 1. The summed E-state index contributed by atoms with van der Waals surface area (Å²) in [5.41, 5.74) is 0. The van der Waals surface area contributed by atoms with E-state index in [1.165, 1.54) is 12.1 Å². The van der Waals surface area contributed by atoms with Crippen LogP contribution in [0.5, 0.6) is 0 Å². The molecule has 0 radical (unpaired) electrons. The van der Waals surface area contributed by atoms with Crippen molar-refractivity contribution in [3.63, 3.8) is 0 Å². The first-order chi connectivity index (χ1) is 7.97. The van der Waals surface area contributed by atoms with Gasteiger partial charge in [0, 0.05) is 16.3 Å². The van der Waals surface area contributed by atoms with Crippen LogP contribution in [0.3, 0.4) is 0 Å². The van der Waals surface area contributed by atoms with Gasteiger partial charge < -0.3 is 0 Å².